The van der Waals surface area contributed by atoms with Crippen LogP contribution in [0, 0.1) is 13.8 Å². The van der Waals surface area contributed by atoms with Crippen LogP contribution in [0.3, 0.4) is 0 Å². The van der Waals surface area contributed by atoms with E-state index in [4.69, 9.17) is 9.47 Å². The third-order valence-corrected chi connectivity index (χ3v) is 4.43. The number of hydrogen-bond acceptors (Lipinski definition) is 4. The number of benzene rings is 1. The minimum absolute atomic E-state index is 0.148. The van der Waals surface area contributed by atoms with Gasteiger partial charge in [0, 0.05) is 17.6 Å². The molecule has 1 unspecified atom stereocenters. The molecule has 0 fully saturated rings. The zero-order chi connectivity index (χ0) is 17.6. The first-order valence-corrected chi connectivity index (χ1v) is 8.18. The Morgan fingerprint density at radius 1 is 1.20 bits per heavy atom. The number of amides is 1. The summed E-state index contributed by atoms with van der Waals surface area (Å²) < 4.78 is 12.6. The Labute approximate surface area is 145 Å². The normalized spacial score (nSPS) is 13.9. The summed E-state index contributed by atoms with van der Waals surface area (Å²) in [6.45, 7) is 6.10. The molecule has 6 nitrogen and oxygen atoms in total. The molecule has 3 heterocycles. The van der Waals surface area contributed by atoms with E-state index < -0.39 is 0 Å². The third-order valence-electron chi connectivity index (χ3n) is 4.43. The maximum Gasteiger partial charge on any atom is 0.255 e. The molecule has 1 aliphatic rings. The van der Waals surface area contributed by atoms with Crippen LogP contribution in [-0.2, 0) is 0 Å². The molecule has 1 amide bonds. The highest BCUT2D eigenvalue weighted by atomic mass is 16.7. The molecule has 25 heavy (non-hydrogen) atoms. The van der Waals surface area contributed by atoms with E-state index >= 15 is 0 Å². The molecule has 128 valence electrons. The van der Waals surface area contributed by atoms with Gasteiger partial charge in [-0.15, -0.1) is 0 Å². The van der Waals surface area contributed by atoms with Crippen molar-refractivity contribution in [1.29, 1.82) is 0 Å². The molecule has 1 atom stereocenters. The molecular formula is C19H19N3O3. The summed E-state index contributed by atoms with van der Waals surface area (Å²) in [4.78, 5) is 17.2. The van der Waals surface area contributed by atoms with Gasteiger partial charge in [-0.1, -0.05) is 6.07 Å². The van der Waals surface area contributed by atoms with Crippen molar-refractivity contribution in [3.8, 4) is 11.5 Å². The molecule has 0 spiro atoms. The van der Waals surface area contributed by atoms with Crippen LogP contribution in [-0.4, -0.2) is 22.1 Å². The van der Waals surface area contributed by atoms with Gasteiger partial charge >= 0.3 is 0 Å². The van der Waals surface area contributed by atoms with Gasteiger partial charge in [-0.3, -0.25) is 4.79 Å². The fraction of sp³-hybridized carbons (Fsp3) is 0.263. The minimum Gasteiger partial charge on any atom is -0.454 e. The molecule has 0 saturated carbocycles. The highest BCUT2D eigenvalue weighted by Gasteiger charge is 2.19. The molecule has 3 aromatic rings. The SMILES string of the molecule is Cc1cc(C)n2ccc(C(=O)NC(C)c3ccc4c(c3)OCO4)c2n1. The number of nitrogens with one attached hydrogen (secondary N) is 1. The molecular weight excluding hydrogens is 318 g/mol. The Balaban J connectivity index is 1.60. The van der Waals surface area contributed by atoms with Crippen molar-refractivity contribution < 1.29 is 14.3 Å². The first-order chi connectivity index (χ1) is 12.0. The second kappa shape index (κ2) is 5.81. The van der Waals surface area contributed by atoms with Gasteiger partial charge in [0.2, 0.25) is 6.79 Å². The first-order valence-electron chi connectivity index (χ1n) is 8.18. The van der Waals surface area contributed by atoms with E-state index in [1.165, 1.54) is 0 Å². The van der Waals surface area contributed by atoms with Crippen molar-refractivity contribution >= 4 is 11.6 Å². The molecule has 1 N–H and O–H groups in total. The second-order valence-electron chi connectivity index (χ2n) is 6.27. The molecule has 4 rings (SSSR count). The summed E-state index contributed by atoms with van der Waals surface area (Å²) in [5.74, 6) is 1.29. The lowest BCUT2D eigenvalue weighted by atomic mass is 10.1. The number of ether oxygens (including phenoxy) is 2. The van der Waals surface area contributed by atoms with E-state index in [9.17, 15) is 4.79 Å². The van der Waals surface area contributed by atoms with Crippen LogP contribution < -0.4 is 14.8 Å². The van der Waals surface area contributed by atoms with Crippen LogP contribution in [0.25, 0.3) is 5.65 Å². The third kappa shape index (κ3) is 2.69. The zero-order valence-corrected chi connectivity index (χ0v) is 14.4. The number of rotatable bonds is 3. The first kappa shape index (κ1) is 15.5. The Kier molecular flexibility index (Phi) is 3.60. The van der Waals surface area contributed by atoms with Gasteiger partial charge in [-0.2, -0.15) is 0 Å². The van der Waals surface area contributed by atoms with Crippen LogP contribution >= 0.6 is 0 Å². The van der Waals surface area contributed by atoms with Crippen molar-refractivity contribution in [3.63, 3.8) is 0 Å². The Hall–Kier alpha value is -3.02. The number of nitrogens with zero attached hydrogens (tertiary/aromatic N) is 2. The predicted octanol–water partition coefficient (Wildman–Crippen LogP) is 3.17. The minimum atomic E-state index is -0.164. The summed E-state index contributed by atoms with van der Waals surface area (Å²) >= 11 is 0. The molecule has 1 aromatic carbocycles. The number of aromatic nitrogens is 2. The number of hydrogen-bond donors (Lipinski definition) is 1. The fourth-order valence-corrected chi connectivity index (χ4v) is 3.11. The Morgan fingerprint density at radius 2 is 2.00 bits per heavy atom. The van der Waals surface area contributed by atoms with Crippen LogP contribution in [0.5, 0.6) is 11.5 Å². The van der Waals surface area contributed by atoms with Gasteiger partial charge in [-0.05, 0) is 50.6 Å². The van der Waals surface area contributed by atoms with Crippen molar-refractivity contribution in [2.45, 2.75) is 26.8 Å². The number of fused-ring (bicyclic) bond motifs is 2. The zero-order valence-electron chi connectivity index (χ0n) is 14.4. The number of aryl methyl sites for hydroxylation is 2. The number of carbonyl (C=O) groups excluding carboxylic acids is 1. The molecule has 6 heteroatoms. The number of carbonyl (C=O) groups is 1. The Morgan fingerprint density at radius 3 is 2.84 bits per heavy atom. The molecule has 0 aliphatic carbocycles. The summed E-state index contributed by atoms with van der Waals surface area (Å²) in [6, 6.07) is 9.33. The topological polar surface area (TPSA) is 64.9 Å². The van der Waals surface area contributed by atoms with Crippen molar-refractivity contribution in [3.05, 3.63) is 59.0 Å². The van der Waals surface area contributed by atoms with E-state index in [0.29, 0.717) is 17.0 Å². The van der Waals surface area contributed by atoms with Gasteiger partial charge in [0.05, 0.1) is 11.6 Å². The van der Waals surface area contributed by atoms with Gasteiger partial charge in [0.25, 0.3) is 5.91 Å². The van der Waals surface area contributed by atoms with Crippen molar-refractivity contribution in [1.82, 2.24) is 14.7 Å². The lowest BCUT2D eigenvalue weighted by Crippen LogP contribution is -2.26. The molecule has 0 bridgehead atoms. The highest BCUT2D eigenvalue weighted by molar-refractivity contribution is 6.00. The average molecular weight is 337 g/mol. The van der Waals surface area contributed by atoms with Crippen molar-refractivity contribution in [2.75, 3.05) is 6.79 Å². The van der Waals surface area contributed by atoms with Gasteiger partial charge in [0.15, 0.2) is 11.5 Å². The van der Waals surface area contributed by atoms with Crippen LogP contribution in [0.1, 0.15) is 40.3 Å². The summed E-state index contributed by atoms with van der Waals surface area (Å²) in [5, 5.41) is 3.03. The molecule has 1 aliphatic heterocycles. The highest BCUT2D eigenvalue weighted by Crippen LogP contribution is 2.34. The monoisotopic (exact) mass is 337 g/mol. The van der Waals surface area contributed by atoms with Gasteiger partial charge in [-0.25, -0.2) is 4.98 Å². The van der Waals surface area contributed by atoms with E-state index in [2.05, 4.69) is 10.3 Å². The van der Waals surface area contributed by atoms with Gasteiger partial charge < -0.3 is 19.2 Å². The van der Waals surface area contributed by atoms with E-state index in [-0.39, 0.29) is 18.7 Å². The lowest BCUT2D eigenvalue weighted by molar-refractivity contribution is 0.0941. The van der Waals surface area contributed by atoms with Crippen molar-refractivity contribution in [2.24, 2.45) is 0 Å². The largest absolute Gasteiger partial charge is 0.454 e. The second-order valence-corrected chi connectivity index (χ2v) is 6.27. The standard InChI is InChI=1S/C19H19N3O3/c1-11-8-12(2)22-7-6-15(18(22)20-11)19(23)21-13(3)14-4-5-16-17(9-14)25-10-24-16/h4-9,13H,10H2,1-3H3,(H,21,23). The molecule has 2 aromatic heterocycles. The summed E-state index contributed by atoms with van der Waals surface area (Å²) in [5.41, 5.74) is 4.14. The maximum absolute atomic E-state index is 12.7. The van der Waals surface area contributed by atoms with Gasteiger partial charge in [0.1, 0.15) is 5.65 Å². The van der Waals surface area contributed by atoms with Crippen LogP contribution in [0.4, 0.5) is 0 Å². The summed E-state index contributed by atoms with van der Waals surface area (Å²) in [6.07, 6.45) is 1.87. The predicted molar refractivity (Wildman–Crippen MR) is 93.1 cm³/mol. The molecule has 0 radical (unpaired) electrons. The molecule has 0 saturated heterocycles. The van der Waals surface area contributed by atoms with E-state index in [0.717, 1.165) is 22.7 Å². The lowest BCUT2D eigenvalue weighted by Gasteiger charge is -2.14. The maximum atomic E-state index is 12.7. The van der Waals surface area contributed by atoms with Crippen LogP contribution in [0.2, 0.25) is 0 Å². The average Bonchev–Trinajstić information content (AvgIpc) is 3.20. The summed E-state index contributed by atoms with van der Waals surface area (Å²) in [7, 11) is 0. The fourth-order valence-electron chi connectivity index (χ4n) is 3.11. The smallest absolute Gasteiger partial charge is 0.255 e. The van der Waals surface area contributed by atoms with E-state index in [1.54, 1.807) is 6.07 Å². The quantitative estimate of drug-likeness (QED) is 0.797. The van der Waals surface area contributed by atoms with E-state index in [1.807, 2.05) is 55.6 Å². The Bertz CT molecular complexity index is 977. The van der Waals surface area contributed by atoms with Crippen LogP contribution in [0.15, 0.2) is 36.5 Å².